The average Bonchev–Trinajstić information content (AvgIpc) is 2.46. The van der Waals surface area contributed by atoms with Gasteiger partial charge >= 0.3 is 5.97 Å². The van der Waals surface area contributed by atoms with Crippen LogP contribution in [-0.2, 0) is 23.8 Å². The molecular formula is C15H18O5. The van der Waals surface area contributed by atoms with Crippen molar-refractivity contribution in [1.29, 1.82) is 0 Å². The molecule has 0 saturated carbocycles. The second kappa shape index (κ2) is 9.01. The van der Waals surface area contributed by atoms with Crippen LogP contribution in [-0.4, -0.2) is 38.9 Å². The zero-order valence-corrected chi connectivity index (χ0v) is 11.6. The van der Waals surface area contributed by atoms with Crippen LogP contribution in [0.25, 0.3) is 6.08 Å². The van der Waals surface area contributed by atoms with Gasteiger partial charge in [-0.1, -0.05) is 36.4 Å². The average molecular weight is 278 g/mol. The predicted molar refractivity (Wildman–Crippen MR) is 73.9 cm³/mol. The SMILES string of the molecule is COC(OC)C(=O)CC(=O)OCC=Cc1ccccc1. The van der Waals surface area contributed by atoms with Gasteiger partial charge in [-0.2, -0.15) is 0 Å². The van der Waals surface area contributed by atoms with Gasteiger partial charge in [0.05, 0.1) is 0 Å². The van der Waals surface area contributed by atoms with Crippen molar-refractivity contribution in [2.75, 3.05) is 20.8 Å². The highest BCUT2D eigenvalue weighted by Gasteiger charge is 2.20. The van der Waals surface area contributed by atoms with Crippen LogP contribution in [0.15, 0.2) is 36.4 Å². The van der Waals surface area contributed by atoms with E-state index in [9.17, 15) is 9.59 Å². The van der Waals surface area contributed by atoms with E-state index in [1.54, 1.807) is 6.08 Å². The van der Waals surface area contributed by atoms with Crippen LogP contribution in [0.5, 0.6) is 0 Å². The first-order chi connectivity index (χ1) is 9.67. The smallest absolute Gasteiger partial charge is 0.313 e. The lowest BCUT2D eigenvalue weighted by atomic mass is 10.2. The summed E-state index contributed by atoms with van der Waals surface area (Å²) in [4.78, 5) is 22.9. The number of hydrogen-bond donors (Lipinski definition) is 0. The Morgan fingerprint density at radius 1 is 1.15 bits per heavy atom. The zero-order chi connectivity index (χ0) is 14.8. The fourth-order valence-electron chi connectivity index (χ4n) is 1.53. The molecule has 0 aliphatic rings. The van der Waals surface area contributed by atoms with Crippen LogP contribution in [0.1, 0.15) is 12.0 Å². The third kappa shape index (κ3) is 5.77. The molecule has 108 valence electrons. The van der Waals surface area contributed by atoms with E-state index < -0.39 is 18.0 Å². The van der Waals surface area contributed by atoms with Crippen molar-refractivity contribution >= 4 is 17.8 Å². The van der Waals surface area contributed by atoms with Crippen molar-refractivity contribution in [1.82, 2.24) is 0 Å². The van der Waals surface area contributed by atoms with E-state index in [0.717, 1.165) is 5.56 Å². The summed E-state index contributed by atoms with van der Waals surface area (Å²) >= 11 is 0. The molecule has 0 fully saturated rings. The Bertz CT molecular complexity index is 449. The lowest BCUT2D eigenvalue weighted by molar-refractivity contribution is -0.162. The lowest BCUT2D eigenvalue weighted by Crippen LogP contribution is -2.27. The Morgan fingerprint density at radius 3 is 2.40 bits per heavy atom. The molecule has 0 spiro atoms. The van der Waals surface area contributed by atoms with Gasteiger partial charge in [0.1, 0.15) is 13.0 Å². The number of ether oxygens (including phenoxy) is 3. The van der Waals surface area contributed by atoms with Crippen molar-refractivity contribution in [2.45, 2.75) is 12.7 Å². The van der Waals surface area contributed by atoms with Gasteiger partial charge in [0.25, 0.3) is 0 Å². The maximum Gasteiger partial charge on any atom is 0.313 e. The molecule has 1 aromatic rings. The Balaban J connectivity index is 2.30. The van der Waals surface area contributed by atoms with E-state index >= 15 is 0 Å². The van der Waals surface area contributed by atoms with Gasteiger partial charge in [-0.3, -0.25) is 9.59 Å². The van der Waals surface area contributed by atoms with Crippen LogP contribution in [0.2, 0.25) is 0 Å². The maximum absolute atomic E-state index is 11.5. The molecule has 20 heavy (non-hydrogen) atoms. The van der Waals surface area contributed by atoms with E-state index in [4.69, 9.17) is 14.2 Å². The number of methoxy groups -OCH3 is 2. The highest BCUT2D eigenvalue weighted by Crippen LogP contribution is 2.02. The highest BCUT2D eigenvalue weighted by molar-refractivity contribution is 5.97. The van der Waals surface area contributed by atoms with Crippen molar-refractivity contribution in [3.63, 3.8) is 0 Å². The number of benzene rings is 1. The largest absolute Gasteiger partial charge is 0.461 e. The Morgan fingerprint density at radius 2 is 1.80 bits per heavy atom. The topological polar surface area (TPSA) is 61.8 Å². The highest BCUT2D eigenvalue weighted by atomic mass is 16.7. The molecule has 0 radical (unpaired) electrons. The minimum absolute atomic E-state index is 0.117. The third-order valence-electron chi connectivity index (χ3n) is 2.46. The van der Waals surface area contributed by atoms with Crippen LogP contribution in [0.3, 0.4) is 0 Å². The summed E-state index contributed by atoms with van der Waals surface area (Å²) in [7, 11) is 2.67. The van der Waals surface area contributed by atoms with Crippen molar-refractivity contribution < 1.29 is 23.8 Å². The molecule has 0 aliphatic heterocycles. The number of Topliss-reactive ketones (excluding diaryl/α,β-unsaturated/α-hetero) is 1. The Kier molecular flexibility index (Phi) is 7.24. The number of carbonyl (C=O) groups excluding carboxylic acids is 2. The minimum Gasteiger partial charge on any atom is -0.461 e. The molecular weight excluding hydrogens is 260 g/mol. The summed E-state index contributed by atoms with van der Waals surface area (Å²) in [5.41, 5.74) is 1.01. The van der Waals surface area contributed by atoms with E-state index in [0.29, 0.717) is 0 Å². The van der Waals surface area contributed by atoms with Crippen molar-refractivity contribution in [2.24, 2.45) is 0 Å². The quantitative estimate of drug-likeness (QED) is 0.412. The number of hydrogen-bond acceptors (Lipinski definition) is 5. The van der Waals surface area contributed by atoms with E-state index in [-0.39, 0.29) is 13.0 Å². The number of carbonyl (C=O) groups is 2. The number of ketones is 1. The summed E-state index contributed by atoms with van der Waals surface area (Å²) in [6.07, 6.45) is 2.15. The minimum atomic E-state index is -1.03. The summed E-state index contributed by atoms with van der Waals surface area (Å²) in [6.45, 7) is 0.117. The zero-order valence-electron chi connectivity index (χ0n) is 11.6. The molecule has 0 amide bonds. The van der Waals surface area contributed by atoms with Gasteiger partial charge in [-0.05, 0) is 11.6 Å². The number of esters is 1. The van der Waals surface area contributed by atoms with Gasteiger partial charge in [-0.15, -0.1) is 0 Å². The van der Waals surface area contributed by atoms with Gasteiger partial charge in [0.15, 0.2) is 5.78 Å². The van der Waals surface area contributed by atoms with Crippen LogP contribution >= 0.6 is 0 Å². The molecule has 1 aromatic carbocycles. The molecule has 0 atom stereocenters. The normalized spacial score (nSPS) is 10.9. The molecule has 0 saturated heterocycles. The van der Waals surface area contributed by atoms with Gasteiger partial charge in [0.2, 0.25) is 6.29 Å². The van der Waals surface area contributed by atoms with E-state index in [2.05, 4.69) is 0 Å². The first kappa shape index (κ1) is 16.1. The van der Waals surface area contributed by atoms with Gasteiger partial charge < -0.3 is 14.2 Å². The second-order valence-corrected chi connectivity index (χ2v) is 3.94. The predicted octanol–water partition coefficient (Wildman–Crippen LogP) is 1.82. The summed E-state index contributed by atoms with van der Waals surface area (Å²) in [6, 6.07) is 9.62. The monoisotopic (exact) mass is 278 g/mol. The van der Waals surface area contributed by atoms with Crippen molar-refractivity contribution in [3.05, 3.63) is 42.0 Å². The molecule has 0 heterocycles. The summed E-state index contributed by atoms with van der Waals surface area (Å²) in [5.74, 6) is -1.07. The van der Waals surface area contributed by atoms with E-state index in [1.807, 2.05) is 36.4 Å². The molecule has 0 N–H and O–H groups in total. The lowest BCUT2D eigenvalue weighted by Gasteiger charge is -2.10. The van der Waals surface area contributed by atoms with Crippen LogP contribution < -0.4 is 0 Å². The van der Waals surface area contributed by atoms with E-state index in [1.165, 1.54) is 14.2 Å². The van der Waals surface area contributed by atoms with Gasteiger partial charge in [0, 0.05) is 14.2 Å². The molecule has 5 heteroatoms. The molecule has 1 rings (SSSR count). The first-order valence-corrected chi connectivity index (χ1v) is 6.13. The second-order valence-electron chi connectivity index (χ2n) is 3.94. The first-order valence-electron chi connectivity index (χ1n) is 6.13. The number of rotatable bonds is 8. The van der Waals surface area contributed by atoms with Crippen LogP contribution in [0, 0.1) is 0 Å². The molecule has 0 aliphatic carbocycles. The summed E-state index contributed by atoms with van der Waals surface area (Å²) in [5, 5.41) is 0. The fraction of sp³-hybridized carbons (Fsp3) is 0.333. The third-order valence-corrected chi connectivity index (χ3v) is 2.46. The molecule has 0 bridgehead atoms. The molecule has 5 nitrogen and oxygen atoms in total. The summed E-state index contributed by atoms with van der Waals surface area (Å²) < 4.78 is 14.4. The standard InChI is InChI=1S/C15H18O5/c1-18-15(19-2)13(16)11-14(17)20-10-6-9-12-7-4-3-5-8-12/h3-9,15H,10-11H2,1-2H3. The fourth-order valence-corrected chi connectivity index (χ4v) is 1.53. The maximum atomic E-state index is 11.5. The Hall–Kier alpha value is -1.98. The van der Waals surface area contributed by atoms with Crippen molar-refractivity contribution in [3.8, 4) is 0 Å². The molecule has 0 unspecified atom stereocenters. The van der Waals surface area contributed by atoms with Crippen LogP contribution in [0.4, 0.5) is 0 Å². The molecule has 0 aromatic heterocycles. The Labute approximate surface area is 118 Å². The van der Waals surface area contributed by atoms with Gasteiger partial charge in [-0.25, -0.2) is 0 Å².